The van der Waals surface area contributed by atoms with Gasteiger partial charge < -0.3 is 15.0 Å². The van der Waals surface area contributed by atoms with Crippen LogP contribution in [0.3, 0.4) is 0 Å². The molecule has 1 N–H and O–H groups in total. The average Bonchev–Trinajstić information content (AvgIpc) is 3.36. The zero-order valence-electron chi connectivity index (χ0n) is 19.2. The van der Waals surface area contributed by atoms with Crippen molar-refractivity contribution >= 4 is 29.3 Å². The summed E-state index contributed by atoms with van der Waals surface area (Å²) in [6, 6.07) is 13.5. The highest BCUT2D eigenvalue weighted by atomic mass is 35.5. The number of carbonyl (C=O) groups excluding carboxylic acids is 2. The molecule has 5 rings (SSSR count). The molecular weight excluding hydrogens is 497 g/mol. The van der Waals surface area contributed by atoms with Crippen LogP contribution in [0.15, 0.2) is 48.5 Å². The summed E-state index contributed by atoms with van der Waals surface area (Å²) in [7, 11) is 1.28. The van der Waals surface area contributed by atoms with E-state index in [0.29, 0.717) is 42.1 Å². The molecule has 1 aliphatic heterocycles. The molecule has 11 heteroatoms. The number of benzene rings is 2. The number of esters is 1. The molecule has 1 aliphatic carbocycles. The number of alkyl halides is 3. The molecular formula is C25H22ClF3N4O3. The van der Waals surface area contributed by atoms with E-state index in [1.807, 2.05) is 0 Å². The highest BCUT2D eigenvalue weighted by Gasteiger charge is 2.49. The molecule has 0 unspecified atom stereocenters. The molecule has 3 aromatic rings. The van der Waals surface area contributed by atoms with E-state index in [2.05, 4.69) is 10.4 Å². The van der Waals surface area contributed by atoms with Gasteiger partial charge in [0.15, 0.2) is 5.69 Å². The van der Waals surface area contributed by atoms with Crippen LogP contribution < -0.4 is 10.2 Å². The van der Waals surface area contributed by atoms with Crippen LogP contribution in [-0.2, 0) is 29.5 Å². The lowest BCUT2D eigenvalue weighted by molar-refractivity contribution is -0.141. The number of rotatable bonds is 6. The number of fused-ring (bicyclic) bond motifs is 1. The van der Waals surface area contributed by atoms with Crippen molar-refractivity contribution < 1.29 is 27.5 Å². The largest absolute Gasteiger partial charge is 0.465 e. The van der Waals surface area contributed by atoms with Crippen molar-refractivity contribution in [1.29, 1.82) is 0 Å². The Balaban J connectivity index is 1.46. The molecule has 1 saturated carbocycles. The molecule has 188 valence electrons. The number of amides is 1. The number of nitrogens with zero attached hydrogens (tertiary/aromatic N) is 3. The zero-order valence-corrected chi connectivity index (χ0v) is 20.0. The SMILES string of the molecule is COC(=O)c1ccc(C2(NC(=O)c3c(C(F)(F)F)nn4c3N(Cc3ccc(Cl)cc3)CC4)CC2)cc1. The van der Waals surface area contributed by atoms with Crippen LogP contribution in [0.25, 0.3) is 0 Å². The van der Waals surface area contributed by atoms with Gasteiger partial charge >= 0.3 is 12.1 Å². The van der Waals surface area contributed by atoms with E-state index in [1.54, 1.807) is 53.4 Å². The molecule has 7 nitrogen and oxygen atoms in total. The number of nitrogens with one attached hydrogen (secondary N) is 1. The van der Waals surface area contributed by atoms with Crippen LogP contribution in [0.5, 0.6) is 0 Å². The van der Waals surface area contributed by atoms with E-state index < -0.39 is 34.8 Å². The van der Waals surface area contributed by atoms with Gasteiger partial charge in [-0.3, -0.25) is 4.79 Å². The summed E-state index contributed by atoms with van der Waals surface area (Å²) in [5, 5.41) is 7.15. The number of halogens is 4. The van der Waals surface area contributed by atoms with Crippen molar-refractivity contribution in [1.82, 2.24) is 15.1 Å². The van der Waals surface area contributed by atoms with Crippen molar-refractivity contribution in [2.24, 2.45) is 0 Å². The summed E-state index contributed by atoms with van der Waals surface area (Å²) in [6.07, 6.45) is -3.67. The maximum absolute atomic E-state index is 14.0. The molecule has 0 spiro atoms. The third-order valence-electron chi connectivity index (χ3n) is 6.55. The quantitative estimate of drug-likeness (QED) is 0.475. The van der Waals surface area contributed by atoms with Crippen LogP contribution in [0, 0.1) is 0 Å². The topological polar surface area (TPSA) is 76.5 Å². The predicted octanol–water partition coefficient (Wildman–Crippen LogP) is 4.78. The first-order valence-corrected chi connectivity index (χ1v) is 11.7. The van der Waals surface area contributed by atoms with Gasteiger partial charge in [-0.05, 0) is 48.2 Å². The first-order chi connectivity index (χ1) is 17.1. The minimum atomic E-state index is -4.80. The molecule has 1 fully saturated rings. The highest BCUT2D eigenvalue weighted by molar-refractivity contribution is 6.30. The number of ether oxygens (including phenoxy) is 1. The Morgan fingerprint density at radius 3 is 2.33 bits per heavy atom. The van der Waals surface area contributed by atoms with Gasteiger partial charge in [-0.15, -0.1) is 0 Å². The van der Waals surface area contributed by atoms with Gasteiger partial charge in [0.1, 0.15) is 11.4 Å². The number of carbonyl (C=O) groups is 2. The maximum atomic E-state index is 14.0. The van der Waals surface area contributed by atoms with Crippen LogP contribution in [0.2, 0.25) is 5.02 Å². The van der Waals surface area contributed by atoms with Crippen LogP contribution in [0.4, 0.5) is 19.0 Å². The Labute approximate surface area is 209 Å². The maximum Gasteiger partial charge on any atom is 0.436 e. The second kappa shape index (κ2) is 8.85. The van der Waals surface area contributed by atoms with Crippen molar-refractivity contribution in [3.8, 4) is 0 Å². The van der Waals surface area contributed by atoms with Crippen molar-refractivity contribution in [2.45, 2.75) is 37.6 Å². The fourth-order valence-corrected chi connectivity index (χ4v) is 4.68. The number of anilines is 1. The minimum Gasteiger partial charge on any atom is -0.465 e. The monoisotopic (exact) mass is 518 g/mol. The summed E-state index contributed by atoms with van der Waals surface area (Å²) in [5.41, 5.74) is -0.588. The van der Waals surface area contributed by atoms with Crippen LogP contribution in [-0.4, -0.2) is 35.3 Å². The summed E-state index contributed by atoms with van der Waals surface area (Å²) < 4.78 is 47.8. The van der Waals surface area contributed by atoms with Gasteiger partial charge in [-0.1, -0.05) is 35.9 Å². The van der Waals surface area contributed by atoms with E-state index in [-0.39, 0.29) is 12.4 Å². The fraction of sp³-hybridized carbons (Fsp3) is 0.320. The average molecular weight is 519 g/mol. The molecule has 36 heavy (non-hydrogen) atoms. The van der Waals surface area contributed by atoms with Gasteiger partial charge in [-0.25, -0.2) is 9.48 Å². The summed E-state index contributed by atoms with van der Waals surface area (Å²) >= 11 is 5.95. The number of aromatic nitrogens is 2. The zero-order chi connectivity index (χ0) is 25.7. The molecule has 0 radical (unpaired) electrons. The summed E-state index contributed by atoms with van der Waals surface area (Å²) in [6.45, 7) is 0.962. The predicted molar refractivity (Wildman–Crippen MR) is 126 cm³/mol. The number of hydrogen-bond acceptors (Lipinski definition) is 5. The number of methoxy groups -OCH3 is 1. The van der Waals surface area contributed by atoms with E-state index in [0.717, 1.165) is 5.56 Å². The lowest BCUT2D eigenvalue weighted by Gasteiger charge is -2.22. The highest BCUT2D eigenvalue weighted by Crippen LogP contribution is 2.47. The standard InChI is InChI=1S/C25H22ClF3N4O3/c1-36-23(35)16-4-6-17(7-5-16)24(10-11-24)30-21(34)19-20(25(27,28)29)31-33-13-12-32(22(19)33)14-15-2-8-18(26)9-3-15/h2-9H,10-14H2,1H3,(H,30,34). The van der Waals surface area contributed by atoms with Crippen molar-refractivity contribution in [2.75, 3.05) is 18.6 Å². The van der Waals surface area contributed by atoms with Gasteiger partial charge in [-0.2, -0.15) is 18.3 Å². The van der Waals surface area contributed by atoms with Crippen molar-refractivity contribution in [3.63, 3.8) is 0 Å². The Bertz CT molecular complexity index is 1320. The molecule has 1 amide bonds. The Morgan fingerprint density at radius 2 is 1.75 bits per heavy atom. The minimum absolute atomic E-state index is 0.145. The van der Waals surface area contributed by atoms with Crippen LogP contribution >= 0.6 is 11.6 Å². The summed E-state index contributed by atoms with van der Waals surface area (Å²) in [5.74, 6) is -1.19. The second-order valence-electron chi connectivity index (χ2n) is 8.92. The first-order valence-electron chi connectivity index (χ1n) is 11.3. The molecule has 2 aromatic carbocycles. The molecule has 2 heterocycles. The Kier molecular flexibility index (Phi) is 5.94. The molecule has 0 atom stereocenters. The van der Waals surface area contributed by atoms with Gasteiger partial charge in [0, 0.05) is 18.1 Å². The van der Waals surface area contributed by atoms with Crippen LogP contribution in [0.1, 0.15) is 50.4 Å². The van der Waals surface area contributed by atoms with E-state index in [9.17, 15) is 22.8 Å². The lowest BCUT2D eigenvalue weighted by atomic mass is 10.0. The second-order valence-corrected chi connectivity index (χ2v) is 9.36. The molecule has 0 bridgehead atoms. The van der Waals surface area contributed by atoms with Gasteiger partial charge in [0.25, 0.3) is 5.91 Å². The van der Waals surface area contributed by atoms with Gasteiger partial charge in [0.05, 0.1) is 24.8 Å². The third-order valence-corrected chi connectivity index (χ3v) is 6.80. The third kappa shape index (κ3) is 4.41. The smallest absolute Gasteiger partial charge is 0.436 e. The normalized spacial score (nSPS) is 16.0. The van der Waals surface area contributed by atoms with Crippen molar-refractivity contribution in [3.05, 3.63) is 81.5 Å². The van der Waals surface area contributed by atoms with E-state index in [4.69, 9.17) is 16.3 Å². The first kappa shape index (κ1) is 24.2. The lowest BCUT2D eigenvalue weighted by Crippen LogP contribution is -2.36. The summed E-state index contributed by atoms with van der Waals surface area (Å²) in [4.78, 5) is 26.9. The Hall–Kier alpha value is -3.53. The van der Waals surface area contributed by atoms with E-state index in [1.165, 1.54) is 11.8 Å². The number of hydrogen-bond donors (Lipinski definition) is 1. The van der Waals surface area contributed by atoms with Gasteiger partial charge in [0.2, 0.25) is 0 Å². The molecule has 1 aromatic heterocycles. The van der Waals surface area contributed by atoms with E-state index >= 15 is 0 Å². The Morgan fingerprint density at radius 1 is 1.08 bits per heavy atom. The molecule has 0 saturated heterocycles. The molecule has 2 aliphatic rings. The fourth-order valence-electron chi connectivity index (χ4n) is 4.56.